The number of carboxylic acid groups (broad SMARTS) is 1. The topological polar surface area (TPSA) is 88.5 Å². The lowest BCUT2D eigenvalue weighted by molar-refractivity contribution is -0.172. The van der Waals surface area contributed by atoms with E-state index in [9.17, 15) is 9.90 Å². The predicted molar refractivity (Wildman–Crippen MR) is 114 cm³/mol. The number of hydrogen-bond acceptors (Lipinski definition) is 5. The summed E-state index contributed by atoms with van der Waals surface area (Å²) in [7, 11) is 0. The molecule has 0 radical (unpaired) electrons. The second-order valence-corrected chi connectivity index (χ2v) is 8.03. The van der Waals surface area contributed by atoms with Crippen LogP contribution in [0, 0.1) is 0 Å². The van der Waals surface area contributed by atoms with Crippen molar-refractivity contribution in [1.82, 2.24) is 4.90 Å². The van der Waals surface area contributed by atoms with Gasteiger partial charge in [0.05, 0.1) is 32.5 Å². The predicted octanol–water partition coefficient (Wildman–Crippen LogP) is 3.57. The molecule has 0 spiro atoms. The van der Waals surface area contributed by atoms with Crippen LogP contribution >= 0.6 is 0 Å². The van der Waals surface area contributed by atoms with Crippen LogP contribution in [-0.2, 0) is 15.3 Å². The molecule has 0 aliphatic carbocycles. The maximum absolute atomic E-state index is 11.1. The fourth-order valence-corrected chi connectivity index (χ4v) is 4.40. The molecule has 7 heteroatoms. The van der Waals surface area contributed by atoms with Crippen molar-refractivity contribution in [3.05, 3.63) is 65.7 Å². The summed E-state index contributed by atoms with van der Waals surface area (Å²) in [5.41, 5.74) is 2.03. The summed E-state index contributed by atoms with van der Waals surface area (Å²) in [6.45, 7) is 2.30. The minimum atomic E-state index is -0.983. The van der Waals surface area contributed by atoms with Gasteiger partial charge in [0, 0.05) is 24.4 Å². The van der Waals surface area contributed by atoms with Gasteiger partial charge in [0.15, 0.2) is 5.79 Å². The third-order valence-corrected chi connectivity index (χ3v) is 6.05. The smallest absolute Gasteiger partial charge is 0.407 e. The van der Waals surface area contributed by atoms with Crippen molar-refractivity contribution in [2.75, 3.05) is 32.9 Å². The first-order chi connectivity index (χ1) is 15.1. The molecule has 166 valence electrons. The van der Waals surface area contributed by atoms with Gasteiger partial charge in [-0.25, -0.2) is 4.79 Å². The van der Waals surface area contributed by atoms with Gasteiger partial charge in [-0.05, 0) is 30.5 Å². The van der Waals surface area contributed by atoms with Crippen LogP contribution in [0.4, 0.5) is 4.79 Å². The van der Waals surface area contributed by atoms with Gasteiger partial charge in [-0.1, -0.05) is 42.5 Å². The van der Waals surface area contributed by atoms with Crippen LogP contribution in [0.3, 0.4) is 0 Å². The summed E-state index contributed by atoms with van der Waals surface area (Å²) >= 11 is 0. The van der Waals surface area contributed by atoms with Crippen molar-refractivity contribution in [3.63, 3.8) is 0 Å². The fraction of sp³-hybridized carbons (Fsp3) is 0.458. The maximum atomic E-state index is 11.1. The zero-order valence-electron chi connectivity index (χ0n) is 17.5. The van der Waals surface area contributed by atoms with Gasteiger partial charge in [0.1, 0.15) is 5.75 Å². The molecule has 0 aromatic heterocycles. The summed E-state index contributed by atoms with van der Waals surface area (Å²) in [5, 5.41) is 19.4. The molecule has 1 amide bonds. The van der Waals surface area contributed by atoms with Gasteiger partial charge >= 0.3 is 6.09 Å². The van der Waals surface area contributed by atoms with Crippen molar-refractivity contribution in [2.45, 2.75) is 37.1 Å². The molecule has 0 bridgehead atoms. The minimum absolute atomic E-state index is 0.0629. The Labute approximate surface area is 182 Å². The summed E-state index contributed by atoms with van der Waals surface area (Å²) in [5.74, 6) is 0.0189. The molecule has 7 nitrogen and oxygen atoms in total. The molecule has 0 saturated carbocycles. The Kier molecular flexibility index (Phi) is 6.75. The zero-order chi connectivity index (χ0) is 21.7. The van der Waals surface area contributed by atoms with Crippen molar-refractivity contribution in [2.24, 2.45) is 0 Å². The molecule has 2 aromatic carbocycles. The highest BCUT2D eigenvalue weighted by Gasteiger charge is 2.37. The average Bonchev–Trinajstić information content (AvgIpc) is 3.28. The van der Waals surface area contributed by atoms with Gasteiger partial charge in [0.2, 0.25) is 0 Å². The molecule has 2 fully saturated rings. The summed E-state index contributed by atoms with van der Waals surface area (Å²) in [6.07, 6.45) is 0.419. The van der Waals surface area contributed by atoms with Crippen LogP contribution < -0.4 is 4.74 Å². The van der Waals surface area contributed by atoms with Gasteiger partial charge in [-0.15, -0.1) is 0 Å². The lowest BCUT2D eigenvalue weighted by Gasteiger charge is -2.34. The van der Waals surface area contributed by atoms with E-state index in [1.165, 1.54) is 4.90 Å². The quantitative estimate of drug-likeness (QED) is 0.657. The molecule has 2 atom stereocenters. The standard InChI is InChI=1S/C24H29NO6/c26-22-17-25(23(27)28)13-11-21(22)18-7-9-20(10-8-18)29-14-4-12-24(30-15-16-31-24)19-5-2-1-3-6-19/h1-3,5-10,21-22,26H,4,11-17H2,(H,27,28). The van der Waals surface area contributed by atoms with E-state index in [-0.39, 0.29) is 12.5 Å². The molecule has 2 unspecified atom stereocenters. The molecule has 2 aliphatic rings. The fourth-order valence-electron chi connectivity index (χ4n) is 4.40. The molecular formula is C24H29NO6. The van der Waals surface area contributed by atoms with Crippen molar-refractivity contribution < 1.29 is 29.2 Å². The molecule has 2 saturated heterocycles. The number of rotatable bonds is 7. The first-order valence-corrected chi connectivity index (χ1v) is 10.8. The van der Waals surface area contributed by atoms with E-state index in [4.69, 9.17) is 19.3 Å². The number of hydrogen-bond donors (Lipinski definition) is 2. The van der Waals surface area contributed by atoms with Crippen LogP contribution in [0.1, 0.15) is 36.3 Å². The second kappa shape index (κ2) is 9.68. The number of ether oxygens (including phenoxy) is 3. The molecule has 4 rings (SSSR count). The van der Waals surface area contributed by atoms with Gasteiger partial charge < -0.3 is 29.3 Å². The summed E-state index contributed by atoms with van der Waals surface area (Å²) in [4.78, 5) is 12.3. The van der Waals surface area contributed by atoms with Gasteiger partial charge in [0.25, 0.3) is 0 Å². The number of benzene rings is 2. The van der Waals surface area contributed by atoms with Crippen LogP contribution in [0.25, 0.3) is 0 Å². The first-order valence-electron chi connectivity index (χ1n) is 10.8. The highest BCUT2D eigenvalue weighted by Crippen LogP contribution is 2.36. The highest BCUT2D eigenvalue weighted by atomic mass is 16.7. The Balaban J connectivity index is 1.28. The maximum Gasteiger partial charge on any atom is 0.407 e. The van der Waals surface area contributed by atoms with Crippen LogP contribution in [0.5, 0.6) is 5.75 Å². The first kappa shape index (κ1) is 21.6. The van der Waals surface area contributed by atoms with Crippen molar-refractivity contribution in [3.8, 4) is 5.75 Å². The van der Waals surface area contributed by atoms with Crippen LogP contribution in [0.2, 0.25) is 0 Å². The van der Waals surface area contributed by atoms with E-state index in [0.717, 1.165) is 23.3 Å². The molecular weight excluding hydrogens is 398 g/mol. The highest BCUT2D eigenvalue weighted by molar-refractivity contribution is 5.65. The third-order valence-electron chi connectivity index (χ3n) is 6.05. The minimum Gasteiger partial charge on any atom is -0.494 e. The third kappa shape index (κ3) is 5.01. The van der Waals surface area contributed by atoms with Crippen LogP contribution in [-0.4, -0.2) is 60.2 Å². The lowest BCUT2D eigenvalue weighted by Crippen LogP contribution is -2.45. The Bertz CT molecular complexity index is 850. The molecule has 2 N–H and O–H groups in total. The van der Waals surface area contributed by atoms with E-state index >= 15 is 0 Å². The normalized spacial score (nSPS) is 22.9. The molecule has 2 heterocycles. The Morgan fingerprint density at radius 3 is 2.45 bits per heavy atom. The van der Waals surface area contributed by atoms with E-state index in [1.54, 1.807) is 0 Å². The van der Waals surface area contributed by atoms with E-state index in [1.807, 2.05) is 54.6 Å². The zero-order valence-corrected chi connectivity index (χ0v) is 17.5. The van der Waals surface area contributed by atoms with Crippen LogP contribution in [0.15, 0.2) is 54.6 Å². The largest absolute Gasteiger partial charge is 0.494 e. The lowest BCUT2D eigenvalue weighted by atomic mass is 9.87. The molecule has 31 heavy (non-hydrogen) atoms. The number of piperidine rings is 1. The van der Waals surface area contributed by atoms with E-state index in [0.29, 0.717) is 39.2 Å². The second-order valence-electron chi connectivity index (χ2n) is 8.03. The number of nitrogens with zero attached hydrogens (tertiary/aromatic N) is 1. The Morgan fingerprint density at radius 1 is 1.10 bits per heavy atom. The SMILES string of the molecule is O=C(O)N1CCC(c2ccc(OCCCC3(c4ccccc4)OCCO3)cc2)C(O)C1. The number of aliphatic hydroxyl groups is 1. The van der Waals surface area contributed by atoms with Crippen molar-refractivity contribution in [1.29, 1.82) is 0 Å². The van der Waals surface area contributed by atoms with Crippen molar-refractivity contribution >= 4 is 6.09 Å². The summed E-state index contributed by atoms with van der Waals surface area (Å²) < 4.78 is 17.8. The average molecular weight is 427 g/mol. The van der Waals surface area contributed by atoms with Gasteiger partial charge in [-0.3, -0.25) is 0 Å². The molecule has 2 aromatic rings. The van der Waals surface area contributed by atoms with E-state index < -0.39 is 18.0 Å². The monoisotopic (exact) mass is 427 g/mol. The van der Waals surface area contributed by atoms with E-state index in [2.05, 4.69) is 0 Å². The number of β-amino-alcohol motifs (C(OH)–C–C–N with tert-alkyl or cyclic N) is 1. The summed E-state index contributed by atoms with van der Waals surface area (Å²) in [6, 6.07) is 17.7. The Hall–Kier alpha value is -2.61. The number of likely N-dealkylation sites (tertiary alicyclic amines) is 1. The Morgan fingerprint density at radius 2 is 1.81 bits per heavy atom. The van der Waals surface area contributed by atoms with Gasteiger partial charge in [-0.2, -0.15) is 0 Å². The number of aliphatic hydroxyl groups excluding tert-OH is 1. The number of carbonyl (C=O) groups is 1. The number of amides is 1. The molecule has 2 aliphatic heterocycles.